The Morgan fingerprint density at radius 3 is 3.19 bits per heavy atom. The Balaban J connectivity index is 1.70. The van der Waals surface area contributed by atoms with Crippen molar-refractivity contribution in [1.29, 1.82) is 0 Å². The second-order valence-corrected chi connectivity index (χ2v) is 6.04. The zero-order valence-corrected chi connectivity index (χ0v) is 12.8. The van der Waals surface area contributed by atoms with Crippen LogP contribution in [0.4, 0.5) is 0 Å². The minimum absolute atomic E-state index is 0.787. The summed E-state index contributed by atoms with van der Waals surface area (Å²) >= 11 is 0. The van der Waals surface area contributed by atoms with Crippen molar-refractivity contribution in [3.63, 3.8) is 0 Å². The molecule has 3 heteroatoms. The first-order valence-electron chi connectivity index (χ1n) is 7.90. The average Bonchev–Trinajstić information content (AvgIpc) is 2.54. The standard InChI is InChI=1S/C18H24N2O/c1-21-11-8-15-4-3-10-20(13-15)14-17-6-2-5-16-12-19-9-7-18(16)17/h2,5-7,9,12,15H,3-4,8,10-11,13-14H2,1H3/t15-/m1/s1. The summed E-state index contributed by atoms with van der Waals surface area (Å²) in [5.41, 5.74) is 1.42. The molecule has 0 saturated carbocycles. The molecule has 0 amide bonds. The van der Waals surface area contributed by atoms with Gasteiger partial charge in [-0.15, -0.1) is 0 Å². The van der Waals surface area contributed by atoms with E-state index in [4.69, 9.17) is 4.74 Å². The van der Waals surface area contributed by atoms with E-state index >= 15 is 0 Å². The highest BCUT2D eigenvalue weighted by atomic mass is 16.5. The number of hydrogen-bond acceptors (Lipinski definition) is 3. The quantitative estimate of drug-likeness (QED) is 0.840. The van der Waals surface area contributed by atoms with Crippen LogP contribution in [0.3, 0.4) is 0 Å². The van der Waals surface area contributed by atoms with Gasteiger partial charge in [0, 0.05) is 44.6 Å². The van der Waals surface area contributed by atoms with Crippen LogP contribution in [-0.2, 0) is 11.3 Å². The highest BCUT2D eigenvalue weighted by Gasteiger charge is 2.20. The predicted molar refractivity (Wildman–Crippen MR) is 86.2 cm³/mol. The fraction of sp³-hybridized carbons (Fsp3) is 0.500. The molecule has 0 bridgehead atoms. The highest BCUT2D eigenvalue weighted by Crippen LogP contribution is 2.24. The SMILES string of the molecule is COCC[C@H]1CCCN(Cc2cccc3cnccc23)C1. The Hall–Kier alpha value is -1.45. The summed E-state index contributed by atoms with van der Waals surface area (Å²) in [6.45, 7) is 4.35. The topological polar surface area (TPSA) is 25.4 Å². The summed E-state index contributed by atoms with van der Waals surface area (Å²) in [5.74, 6) is 0.787. The van der Waals surface area contributed by atoms with Crippen molar-refractivity contribution in [2.45, 2.75) is 25.8 Å². The number of benzene rings is 1. The molecule has 1 fully saturated rings. The molecule has 1 aromatic heterocycles. The fourth-order valence-corrected chi connectivity index (χ4v) is 3.38. The van der Waals surface area contributed by atoms with Crippen molar-refractivity contribution in [2.24, 2.45) is 5.92 Å². The lowest BCUT2D eigenvalue weighted by molar-refractivity contribution is 0.123. The van der Waals surface area contributed by atoms with Crippen molar-refractivity contribution in [3.8, 4) is 0 Å². The molecule has 3 rings (SSSR count). The van der Waals surface area contributed by atoms with Crippen molar-refractivity contribution in [3.05, 3.63) is 42.2 Å². The van der Waals surface area contributed by atoms with Crippen LogP contribution in [0.5, 0.6) is 0 Å². The largest absolute Gasteiger partial charge is 0.385 e. The number of ether oxygens (including phenoxy) is 1. The maximum absolute atomic E-state index is 5.23. The van der Waals surface area contributed by atoms with Crippen LogP contribution in [0.2, 0.25) is 0 Å². The molecule has 1 atom stereocenters. The van der Waals surface area contributed by atoms with Crippen molar-refractivity contribution < 1.29 is 4.74 Å². The lowest BCUT2D eigenvalue weighted by Crippen LogP contribution is -2.35. The molecule has 112 valence electrons. The molecule has 21 heavy (non-hydrogen) atoms. The van der Waals surface area contributed by atoms with Gasteiger partial charge in [-0.3, -0.25) is 9.88 Å². The lowest BCUT2D eigenvalue weighted by Gasteiger charge is -2.33. The first-order valence-corrected chi connectivity index (χ1v) is 7.90. The molecule has 3 nitrogen and oxygen atoms in total. The molecule has 1 aliphatic heterocycles. The van der Waals surface area contributed by atoms with Crippen LogP contribution in [0.25, 0.3) is 10.8 Å². The molecule has 2 aromatic rings. The molecule has 0 spiro atoms. The number of pyridine rings is 1. The van der Waals surface area contributed by atoms with Crippen LogP contribution < -0.4 is 0 Å². The van der Waals surface area contributed by atoms with Gasteiger partial charge in [-0.1, -0.05) is 18.2 Å². The fourth-order valence-electron chi connectivity index (χ4n) is 3.38. The van der Waals surface area contributed by atoms with Crippen molar-refractivity contribution in [1.82, 2.24) is 9.88 Å². The number of methoxy groups -OCH3 is 1. The number of likely N-dealkylation sites (tertiary alicyclic amines) is 1. The molecular formula is C18H24N2O. The maximum atomic E-state index is 5.23. The third-order valence-corrected chi connectivity index (χ3v) is 4.50. The zero-order valence-electron chi connectivity index (χ0n) is 12.8. The van der Waals surface area contributed by atoms with E-state index in [0.717, 1.165) is 19.1 Å². The van der Waals surface area contributed by atoms with Crippen LogP contribution in [0.1, 0.15) is 24.8 Å². The van der Waals surface area contributed by atoms with E-state index in [9.17, 15) is 0 Å². The van der Waals surface area contributed by atoms with Gasteiger partial charge in [-0.05, 0) is 48.7 Å². The minimum atomic E-state index is 0.787. The van der Waals surface area contributed by atoms with E-state index in [-0.39, 0.29) is 0 Å². The van der Waals surface area contributed by atoms with E-state index in [1.165, 1.54) is 48.7 Å². The monoisotopic (exact) mass is 284 g/mol. The smallest absolute Gasteiger partial charge is 0.0465 e. The molecule has 0 N–H and O–H groups in total. The Kier molecular flexibility index (Phi) is 4.84. The first kappa shape index (κ1) is 14.5. The second-order valence-electron chi connectivity index (χ2n) is 6.04. The van der Waals surface area contributed by atoms with E-state index in [0.29, 0.717) is 0 Å². The Morgan fingerprint density at radius 2 is 2.29 bits per heavy atom. The second kappa shape index (κ2) is 7.01. The van der Waals surface area contributed by atoms with Gasteiger partial charge in [0.2, 0.25) is 0 Å². The molecule has 1 aliphatic rings. The van der Waals surface area contributed by atoms with Gasteiger partial charge in [-0.2, -0.15) is 0 Å². The third kappa shape index (κ3) is 3.60. The Labute approximate surface area is 126 Å². The number of fused-ring (bicyclic) bond motifs is 1. The summed E-state index contributed by atoms with van der Waals surface area (Å²) < 4.78 is 5.23. The van der Waals surface area contributed by atoms with Gasteiger partial charge in [-0.25, -0.2) is 0 Å². The van der Waals surface area contributed by atoms with Gasteiger partial charge in [0.05, 0.1) is 0 Å². The molecule has 1 saturated heterocycles. The number of aromatic nitrogens is 1. The Bertz CT molecular complexity index is 579. The molecule has 2 heterocycles. The number of rotatable bonds is 5. The third-order valence-electron chi connectivity index (χ3n) is 4.50. The van der Waals surface area contributed by atoms with Gasteiger partial charge in [0.25, 0.3) is 0 Å². The summed E-state index contributed by atoms with van der Waals surface area (Å²) in [4.78, 5) is 6.82. The van der Waals surface area contributed by atoms with Gasteiger partial charge in [0.15, 0.2) is 0 Å². The zero-order chi connectivity index (χ0) is 14.5. The Morgan fingerprint density at radius 1 is 1.33 bits per heavy atom. The summed E-state index contributed by atoms with van der Waals surface area (Å²) in [5, 5.41) is 2.58. The molecule has 1 aromatic carbocycles. The maximum Gasteiger partial charge on any atom is 0.0465 e. The van der Waals surface area contributed by atoms with Crippen LogP contribution in [-0.4, -0.2) is 36.7 Å². The van der Waals surface area contributed by atoms with Gasteiger partial charge >= 0.3 is 0 Å². The normalized spacial score (nSPS) is 20.0. The van der Waals surface area contributed by atoms with Crippen LogP contribution in [0.15, 0.2) is 36.7 Å². The van der Waals surface area contributed by atoms with E-state index in [2.05, 4.69) is 34.1 Å². The van der Waals surface area contributed by atoms with E-state index < -0.39 is 0 Å². The molecule has 0 aliphatic carbocycles. The highest BCUT2D eigenvalue weighted by molar-refractivity contribution is 5.84. The molecule has 0 unspecified atom stereocenters. The minimum Gasteiger partial charge on any atom is -0.385 e. The van der Waals surface area contributed by atoms with Gasteiger partial charge < -0.3 is 4.74 Å². The molecular weight excluding hydrogens is 260 g/mol. The summed E-state index contributed by atoms with van der Waals surface area (Å²) in [6, 6.07) is 8.67. The number of hydrogen-bond donors (Lipinski definition) is 0. The predicted octanol–water partition coefficient (Wildman–Crippen LogP) is 3.48. The lowest BCUT2D eigenvalue weighted by atomic mass is 9.94. The van der Waals surface area contributed by atoms with Gasteiger partial charge in [0.1, 0.15) is 0 Å². The van der Waals surface area contributed by atoms with Crippen molar-refractivity contribution >= 4 is 10.8 Å². The number of piperidine rings is 1. The van der Waals surface area contributed by atoms with E-state index in [1.807, 2.05) is 12.4 Å². The first-order chi connectivity index (χ1) is 10.4. The average molecular weight is 284 g/mol. The summed E-state index contributed by atoms with van der Waals surface area (Å²) in [6.07, 6.45) is 7.69. The van der Waals surface area contributed by atoms with Crippen LogP contribution in [0, 0.1) is 5.92 Å². The van der Waals surface area contributed by atoms with Crippen LogP contribution >= 0.6 is 0 Å². The number of nitrogens with zero attached hydrogens (tertiary/aromatic N) is 2. The van der Waals surface area contributed by atoms with E-state index in [1.54, 1.807) is 7.11 Å². The van der Waals surface area contributed by atoms with Crippen molar-refractivity contribution in [2.75, 3.05) is 26.8 Å². The molecule has 0 radical (unpaired) electrons. The summed E-state index contributed by atoms with van der Waals surface area (Å²) in [7, 11) is 1.80.